The molecule has 0 amide bonds. The molecular formula is C51H39N3. The molecule has 0 unspecified atom stereocenters. The highest BCUT2D eigenvalue weighted by Gasteiger charge is 2.36. The van der Waals surface area contributed by atoms with E-state index in [1.54, 1.807) is 0 Å². The largest absolute Gasteiger partial charge is 0.311 e. The lowest BCUT2D eigenvalue weighted by Gasteiger charge is -2.42. The van der Waals surface area contributed by atoms with E-state index < -0.39 is 0 Å². The third-order valence-corrected chi connectivity index (χ3v) is 12.0. The van der Waals surface area contributed by atoms with Gasteiger partial charge in [-0.05, 0) is 95.8 Å². The topological polar surface area (TPSA) is 13.1 Å². The molecule has 11 rings (SSSR count). The molecule has 0 spiro atoms. The van der Waals surface area contributed by atoms with Crippen molar-refractivity contribution < 1.29 is 0 Å². The first-order valence-corrected chi connectivity index (χ1v) is 19.1. The molecule has 1 aliphatic carbocycles. The van der Waals surface area contributed by atoms with Crippen molar-refractivity contribution in [1.29, 1.82) is 0 Å². The maximum absolute atomic E-state index is 2.53. The van der Waals surface area contributed by atoms with Crippen LogP contribution < -0.4 is 4.90 Å². The van der Waals surface area contributed by atoms with Crippen molar-refractivity contribution in [3.05, 3.63) is 192 Å². The van der Waals surface area contributed by atoms with E-state index in [9.17, 15) is 0 Å². The van der Waals surface area contributed by atoms with Gasteiger partial charge in [-0.15, -0.1) is 0 Å². The van der Waals surface area contributed by atoms with Crippen LogP contribution in [0.2, 0.25) is 0 Å². The molecule has 9 aromatic rings. The Labute approximate surface area is 315 Å². The van der Waals surface area contributed by atoms with Crippen LogP contribution in [0.3, 0.4) is 0 Å². The van der Waals surface area contributed by atoms with Gasteiger partial charge in [-0.1, -0.05) is 129 Å². The van der Waals surface area contributed by atoms with Gasteiger partial charge in [0.05, 0.1) is 27.9 Å². The van der Waals surface area contributed by atoms with Gasteiger partial charge >= 0.3 is 0 Å². The fourth-order valence-corrected chi connectivity index (χ4v) is 9.44. The summed E-state index contributed by atoms with van der Waals surface area (Å²) in [6, 6.07) is 60.4. The van der Waals surface area contributed by atoms with Gasteiger partial charge in [0.25, 0.3) is 0 Å². The molecule has 3 heteroatoms. The Morgan fingerprint density at radius 1 is 0.481 bits per heavy atom. The van der Waals surface area contributed by atoms with Crippen molar-refractivity contribution in [2.24, 2.45) is 0 Å². The van der Waals surface area contributed by atoms with Gasteiger partial charge in [0.2, 0.25) is 0 Å². The van der Waals surface area contributed by atoms with Crippen molar-refractivity contribution in [2.45, 2.75) is 32.1 Å². The van der Waals surface area contributed by atoms with Gasteiger partial charge in [0.15, 0.2) is 0 Å². The van der Waals surface area contributed by atoms with E-state index in [4.69, 9.17) is 0 Å². The summed E-state index contributed by atoms with van der Waals surface area (Å²) in [7, 11) is 0. The van der Waals surface area contributed by atoms with Crippen molar-refractivity contribution in [2.75, 3.05) is 4.90 Å². The lowest BCUT2D eigenvalue weighted by molar-refractivity contribution is 0.632. The number of para-hydroxylation sites is 4. The van der Waals surface area contributed by atoms with Crippen molar-refractivity contribution in [3.63, 3.8) is 0 Å². The third-order valence-electron chi connectivity index (χ3n) is 12.0. The standard InChI is InChI=1S/C51H39N3/c1-51(2)43-20-10-13-23-47(43)52(48-24-14-11-21-44(48)51)38-28-25-34(26-29-38)35-27-32-46-42(33-35)41-31-30-40-39-19-9-12-22-45(39)53(36-15-5-3-6-16-36)49(40)50(41)54(46)37-17-7-4-8-18-37/h3-11,13-21,23-33H,12,22H2,1-2H3. The van der Waals surface area contributed by atoms with E-state index in [-0.39, 0.29) is 5.41 Å². The smallest absolute Gasteiger partial charge is 0.0788 e. The highest BCUT2D eigenvalue weighted by Crippen LogP contribution is 2.52. The van der Waals surface area contributed by atoms with E-state index in [1.807, 2.05) is 0 Å². The summed E-state index contributed by atoms with van der Waals surface area (Å²) >= 11 is 0. The van der Waals surface area contributed by atoms with E-state index in [0.29, 0.717) is 0 Å². The maximum Gasteiger partial charge on any atom is 0.0788 e. The monoisotopic (exact) mass is 693 g/mol. The summed E-state index contributed by atoms with van der Waals surface area (Å²) in [6.45, 7) is 4.68. The van der Waals surface area contributed by atoms with Gasteiger partial charge in [0, 0.05) is 49.9 Å². The van der Waals surface area contributed by atoms with Crippen LogP contribution in [0.5, 0.6) is 0 Å². The van der Waals surface area contributed by atoms with Crippen LogP contribution in [0.25, 0.3) is 61.3 Å². The quantitative estimate of drug-likeness (QED) is 0.179. The Hall–Kier alpha value is -6.58. The lowest BCUT2D eigenvalue weighted by Crippen LogP contribution is -2.30. The molecule has 1 aliphatic heterocycles. The fraction of sp³-hybridized carbons (Fsp3) is 0.0980. The van der Waals surface area contributed by atoms with Gasteiger partial charge in [-0.3, -0.25) is 0 Å². The number of fused-ring (bicyclic) bond motifs is 9. The van der Waals surface area contributed by atoms with Crippen molar-refractivity contribution >= 4 is 55.8 Å². The molecule has 2 aromatic heterocycles. The average molecular weight is 694 g/mol. The van der Waals surface area contributed by atoms with E-state index in [1.165, 1.54) is 89.0 Å². The Morgan fingerprint density at radius 2 is 1.06 bits per heavy atom. The molecule has 7 aromatic carbocycles. The molecule has 2 aliphatic rings. The van der Waals surface area contributed by atoms with Crippen molar-refractivity contribution in [3.8, 4) is 22.5 Å². The average Bonchev–Trinajstić information content (AvgIpc) is 3.75. The predicted molar refractivity (Wildman–Crippen MR) is 227 cm³/mol. The molecule has 0 N–H and O–H groups in total. The minimum absolute atomic E-state index is 0.0810. The fourth-order valence-electron chi connectivity index (χ4n) is 9.44. The first kappa shape index (κ1) is 31.0. The second kappa shape index (κ2) is 11.7. The van der Waals surface area contributed by atoms with Crippen LogP contribution in [0.1, 0.15) is 42.7 Å². The highest BCUT2D eigenvalue weighted by atomic mass is 15.2. The molecule has 3 nitrogen and oxygen atoms in total. The molecule has 0 saturated heterocycles. The second-order valence-corrected chi connectivity index (χ2v) is 15.3. The normalized spacial score (nSPS) is 14.4. The van der Waals surface area contributed by atoms with Gasteiger partial charge in [-0.25, -0.2) is 0 Å². The third kappa shape index (κ3) is 4.42. The molecule has 0 saturated carbocycles. The Kier molecular flexibility index (Phi) is 6.72. The Balaban J connectivity index is 1.11. The van der Waals surface area contributed by atoms with Crippen LogP contribution >= 0.6 is 0 Å². The summed E-state index contributed by atoms with van der Waals surface area (Å²) in [5.41, 5.74) is 17.5. The van der Waals surface area contributed by atoms with Crippen molar-refractivity contribution in [1.82, 2.24) is 9.13 Å². The van der Waals surface area contributed by atoms with Crippen LogP contribution in [0, 0.1) is 0 Å². The zero-order valence-corrected chi connectivity index (χ0v) is 30.5. The molecule has 0 atom stereocenters. The first-order valence-electron chi connectivity index (χ1n) is 19.1. The number of rotatable bonds is 4. The number of hydrogen-bond donors (Lipinski definition) is 0. The molecule has 258 valence electrons. The molecule has 54 heavy (non-hydrogen) atoms. The number of nitrogens with zero attached hydrogens (tertiary/aromatic N) is 3. The Morgan fingerprint density at radius 3 is 1.74 bits per heavy atom. The van der Waals surface area contributed by atoms with Crippen LogP contribution in [0.15, 0.2) is 170 Å². The number of anilines is 3. The van der Waals surface area contributed by atoms with E-state index >= 15 is 0 Å². The SMILES string of the molecule is CC1(C)c2ccccc2N(c2ccc(-c3ccc4c(c3)c3ccc5c6c(n(-c7ccccc7)c5c3n4-c3ccccc3)CCC=C6)cc2)c2ccccc21. The second-order valence-electron chi connectivity index (χ2n) is 15.3. The Bertz CT molecular complexity index is 2890. The van der Waals surface area contributed by atoms with Gasteiger partial charge in [0.1, 0.15) is 0 Å². The first-order chi connectivity index (χ1) is 26.6. The molecule has 0 radical (unpaired) electrons. The van der Waals surface area contributed by atoms with Gasteiger partial charge in [-0.2, -0.15) is 0 Å². The summed E-state index contributed by atoms with van der Waals surface area (Å²) in [4.78, 5) is 2.43. The molecule has 0 fully saturated rings. The highest BCUT2D eigenvalue weighted by molar-refractivity contribution is 6.20. The zero-order valence-electron chi connectivity index (χ0n) is 30.5. The lowest BCUT2D eigenvalue weighted by atomic mass is 9.73. The number of hydrogen-bond acceptors (Lipinski definition) is 1. The van der Waals surface area contributed by atoms with E-state index in [0.717, 1.165) is 18.5 Å². The van der Waals surface area contributed by atoms with E-state index in [2.05, 4.69) is 204 Å². The summed E-state index contributed by atoms with van der Waals surface area (Å²) < 4.78 is 5.02. The number of allylic oxidation sites excluding steroid dienone is 1. The van der Waals surface area contributed by atoms with Crippen LogP contribution in [-0.2, 0) is 11.8 Å². The van der Waals surface area contributed by atoms with Gasteiger partial charge < -0.3 is 14.0 Å². The molecule has 0 bridgehead atoms. The summed E-state index contributed by atoms with van der Waals surface area (Å²) in [5, 5.41) is 3.82. The number of benzene rings is 7. The summed E-state index contributed by atoms with van der Waals surface area (Å²) in [5.74, 6) is 0. The number of aromatic nitrogens is 2. The summed E-state index contributed by atoms with van der Waals surface area (Å²) in [6.07, 6.45) is 6.74. The van der Waals surface area contributed by atoms with Crippen LogP contribution in [-0.4, -0.2) is 9.13 Å². The maximum atomic E-state index is 2.53. The zero-order chi connectivity index (χ0) is 36.0. The minimum atomic E-state index is -0.0810. The molecular weight excluding hydrogens is 655 g/mol. The van der Waals surface area contributed by atoms with Crippen LogP contribution in [0.4, 0.5) is 17.1 Å². The minimum Gasteiger partial charge on any atom is -0.311 e. The molecule has 3 heterocycles. The predicted octanol–water partition coefficient (Wildman–Crippen LogP) is 13.5.